The Morgan fingerprint density at radius 3 is 2.62 bits per heavy atom. The first kappa shape index (κ1) is 13.3. The molecule has 0 radical (unpaired) electrons. The molecule has 0 spiro atoms. The number of hydrogen-bond donors (Lipinski definition) is 1. The number of nitrogens with zero attached hydrogens (tertiary/aromatic N) is 1. The maximum atomic E-state index is 5.33. The predicted octanol–water partition coefficient (Wildman–Crippen LogP) is 2.35. The third-order valence-corrected chi connectivity index (χ3v) is 2.73. The Hall–Kier alpha value is -0.800. The molecule has 16 heavy (non-hydrogen) atoms. The Balaban J connectivity index is 2.22. The van der Waals surface area contributed by atoms with Crippen LogP contribution in [0.5, 0.6) is 0 Å². The molecule has 0 aliphatic heterocycles. The molecule has 0 bridgehead atoms. The Morgan fingerprint density at radius 2 is 2.06 bits per heavy atom. The molecule has 1 aromatic heterocycles. The van der Waals surface area contributed by atoms with Crippen LogP contribution in [0.2, 0.25) is 0 Å². The van der Waals surface area contributed by atoms with E-state index in [0.29, 0.717) is 12.0 Å². The molecule has 0 aliphatic carbocycles. The van der Waals surface area contributed by atoms with E-state index in [2.05, 4.69) is 38.0 Å². The van der Waals surface area contributed by atoms with Crippen molar-refractivity contribution >= 4 is 0 Å². The van der Waals surface area contributed by atoms with Crippen molar-refractivity contribution in [2.75, 3.05) is 20.1 Å². The molecule has 1 heterocycles. The number of rotatable bonds is 7. The second kappa shape index (κ2) is 6.71. The summed E-state index contributed by atoms with van der Waals surface area (Å²) in [4.78, 5) is 2.30. The van der Waals surface area contributed by atoms with Gasteiger partial charge >= 0.3 is 0 Å². The zero-order chi connectivity index (χ0) is 12.0. The lowest BCUT2D eigenvalue weighted by atomic mass is 10.2. The molecule has 0 saturated carbocycles. The van der Waals surface area contributed by atoms with Crippen molar-refractivity contribution in [1.82, 2.24) is 10.2 Å². The van der Waals surface area contributed by atoms with Gasteiger partial charge in [-0.2, -0.15) is 0 Å². The topological polar surface area (TPSA) is 28.4 Å². The number of furan rings is 1. The zero-order valence-electron chi connectivity index (χ0n) is 10.9. The lowest BCUT2D eigenvalue weighted by Gasteiger charge is -2.24. The van der Waals surface area contributed by atoms with Crippen LogP contribution in [0.3, 0.4) is 0 Å². The van der Waals surface area contributed by atoms with Gasteiger partial charge in [0, 0.05) is 12.6 Å². The summed E-state index contributed by atoms with van der Waals surface area (Å²) >= 11 is 0. The first-order valence-electron chi connectivity index (χ1n) is 6.03. The van der Waals surface area contributed by atoms with Crippen molar-refractivity contribution in [2.24, 2.45) is 5.92 Å². The molecule has 1 atom stereocenters. The Kier molecular flexibility index (Phi) is 5.56. The molecule has 3 nitrogen and oxygen atoms in total. The van der Waals surface area contributed by atoms with Crippen molar-refractivity contribution in [3.05, 3.63) is 24.2 Å². The summed E-state index contributed by atoms with van der Waals surface area (Å²) in [6.45, 7) is 9.66. The fourth-order valence-corrected chi connectivity index (χ4v) is 1.54. The largest absolute Gasteiger partial charge is 0.468 e. The van der Waals surface area contributed by atoms with Gasteiger partial charge in [0.15, 0.2) is 0 Å². The van der Waals surface area contributed by atoms with Crippen LogP contribution in [0.4, 0.5) is 0 Å². The number of nitrogens with one attached hydrogen (secondary N) is 1. The van der Waals surface area contributed by atoms with Gasteiger partial charge in [-0.25, -0.2) is 0 Å². The van der Waals surface area contributed by atoms with Crippen molar-refractivity contribution in [3.8, 4) is 0 Å². The third-order valence-electron chi connectivity index (χ3n) is 2.73. The van der Waals surface area contributed by atoms with Gasteiger partial charge in [0.25, 0.3) is 0 Å². The summed E-state index contributed by atoms with van der Waals surface area (Å²) in [5.41, 5.74) is 0. The van der Waals surface area contributed by atoms with Crippen molar-refractivity contribution in [3.63, 3.8) is 0 Å². The summed E-state index contributed by atoms with van der Waals surface area (Å²) in [5.74, 6) is 1.74. The minimum absolute atomic E-state index is 0.517. The lowest BCUT2D eigenvalue weighted by molar-refractivity contribution is 0.223. The Bertz CT molecular complexity index is 269. The highest BCUT2D eigenvalue weighted by atomic mass is 16.3. The van der Waals surface area contributed by atoms with Crippen LogP contribution < -0.4 is 5.32 Å². The summed E-state index contributed by atoms with van der Waals surface area (Å²) in [5, 5.41) is 3.47. The van der Waals surface area contributed by atoms with Gasteiger partial charge in [-0.15, -0.1) is 0 Å². The molecule has 0 saturated heterocycles. The maximum Gasteiger partial charge on any atom is 0.117 e. The summed E-state index contributed by atoms with van der Waals surface area (Å²) in [6, 6.07) is 4.47. The molecule has 0 aromatic carbocycles. The van der Waals surface area contributed by atoms with Gasteiger partial charge in [0.1, 0.15) is 5.76 Å². The molecule has 0 amide bonds. The number of hydrogen-bond acceptors (Lipinski definition) is 3. The molecule has 1 aromatic rings. The van der Waals surface area contributed by atoms with E-state index < -0.39 is 0 Å². The Morgan fingerprint density at radius 1 is 1.31 bits per heavy atom. The zero-order valence-corrected chi connectivity index (χ0v) is 10.9. The van der Waals surface area contributed by atoms with E-state index in [0.717, 1.165) is 25.4 Å². The van der Waals surface area contributed by atoms with E-state index in [-0.39, 0.29) is 0 Å². The normalized spacial score (nSPS) is 13.6. The fourth-order valence-electron chi connectivity index (χ4n) is 1.54. The molecule has 1 N–H and O–H groups in total. The minimum Gasteiger partial charge on any atom is -0.468 e. The Labute approximate surface area is 98.8 Å². The van der Waals surface area contributed by atoms with E-state index >= 15 is 0 Å². The van der Waals surface area contributed by atoms with Crippen LogP contribution in [0, 0.1) is 5.92 Å². The molecule has 92 valence electrons. The number of likely N-dealkylation sites (N-methyl/N-ethyl adjacent to an activating group) is 1. The standard InChI is InChI=1S/C13H24N2O/c1-11(2)8-14-9-12(3)15(4)10-13-6-5-7-16-13/h5-7,11-12,14H,8-10H2,1-4H3. The second-order valence-electron chi connectivity index (χ2n) is 4.90. The average Bonchev–Trinajstić information content (AvgIpc) is 2.69. The van der Waals surface area contributed by atoms with Crippen LogP contribution in [0.1, 0.15) is 26.5 Å². The molecule has 1 unspecified atom stereocenters. The first-order chi connectivity index (χ1) is 7.59. The first-order valence-corrected chi connectivity index (χ1v) is 6.03. The van der Waals surface area contributed by atoms with Crippen molar-refractivity contribution in [2.45, 2.75) is 33.4 Å². The summed E-state index contributed by atoms with van der Waals surface area (Å²) in [6.07, 6.45) is 1.73. The van der Waals surface area contributed by atoms with Gasteiger partial charge < -0.3 is 9.73 Å². The lowest BCUT2D eigenvalue weighted by Crippen LogP contribution is -2.38. The molecule has 0 aliphatic rings. The van der Waals surface area contributed by atoms with E-state index in [1.807, 2.05) is 12.1 Å². The predicted molar refractivity (Wildman–Crippen MR) is 67.3 cm³/mol. The fraction of sp³-hybridized carbons (Fsp3) is 0.692. The van der Waals surface area contributed by atoms with Crippen LogP contribution in [0.15, 0.2) is 22.8 Å². The van der Waals surface area contributed by atoms with Crippen molar-refractivity contribution in [1.29, 1.82) is 0 Å². The molecule has 1 rings (SSSR count). The molecule has 3 heteroatoms. The van der Waals surface area contributed by atoms with Crippen LogP contribution in [0.25, 0.3) is 0 Å². The van der Waals surface area contributed by atoms with E-state index in [1.54, 1.807) is 6.26 Å². The van der Waals surface area contributed by atoms with Crippen LogP contribution >= 0.6 is 0 Å². The van der Waals surface area contributed by atoms with E-state index in [9.17, 15) is 0 Å². The van der Waals surface area contributed by atoms with Crippen molar-refractivity contribution < 1.29 is 4.42 Å². The van der Waals surface area contributed by atoms with Gasteiger partial charge in [-0.05, 0) is 38.6 Å². The quantitative estimate of drug-likeness (QED) is 0.770. The summed E-state index contributed by atoms with van der Waals surface area (Å²) < 4.78 is 5.33. The highest BCUT2D eigenvalue weighted by molar-refractivity contribution is 4.97. The van der Waals surface area contributed by atoms with Crippen LogP contribution in [-0.4, -0.2) is 31.1 Å². The smallest absolute Gasteiger partial charge is 0.117 e. The average molecular weight is 224 g/mol. The van der Waals surface area contributed by atoms with E-state index in [1.165, 1.54) is 0 Å². The highest BCUT2D eigenvalue weighted by Crippen LogP contribution is 2.06. The molecular weight excluding hydrogens is 200 g/mol. The molecular formula is C13H24N2O. The molecule has 0 fully saturated rings. The van der Waals surface area contributed by atoms with Gasteiger partial charge in [-0.3, -0.25) is 4.90 Å². The van der Waals surface area contributed by atoms with Gasteiger partial charge in [-0.1, -0.05) is 13.8 Å². The highest BCUT2D eigenvalue weighted by Gasteiger charge is 2.10. The monoisotopic (exact) mass is 224 g/mol. The SMILES string of the molecule is CC(C)CNCC(C)N(C)Cc1ccco1. The maximum absolute atomic E-state index is 5.33. The second-order valence-corrected chi connectivity index (χ2v) is 4.90. The minimum atomic E-state index is 0.517. The summed E-state index contributed by atoms with van der Waals surface area (Å²) in [7, 11) is 2.13. The van der Waals surface area contributed by atoms with Gasteiger partial charge in [0.05, 0.1) is 12.8 Å². The third kappa shape index (κ3) is 4.81. The van der Waals surface area contributed by atoms with Crippen LogP contribution in [-0.2, 0) is 6.54 Å². The van der Waals surface area contributed by atoms with E-state index in [4.69, 9.17) is 4.42 Å². The van der Waals surface area contributed by atoms with Gasteiger partial charge in [0.2, 0.25) is 0 Å².